The van der Waals surface area contributed by atoms with E-state index in [2.05, 4.69) is 17.1 Å². The smallest absolute Gasteiger partial charge is 0.223 e. The summed E-state index contributed by atoms with van der Waals surface area (Å²) in [6, 6.07) is 6.74. The van der Waals surface area contributed by atoms with E-state index in [9.17, 15) is 9.18 Å². The fourth-order valence-electron chi connectivity index (χ4n) is 2.64. The molecule has 0 aliphatic carbocycles. The maximum Gasteiger partial charge on any atom is 0.223 e. The monoisotopic (exact) mass is 278 g/mol. The highest BCUT2D eigenvalue weighted by molar-refractivity contribution is 5.78. The first-order valence-electron chi connectivity index (χ1n) is 7.43. The summed E-state index contributed by atoms with van der Waals surface area (Å²) in [4.78, 5) is 14.2. The topological polar surface area (TPSA) is 32.3 Å². The van der Waals surface area contributed by atoms with Crippen molar-refractivity contribution in [3.63, 3.8) is 0 Å². The minimum atomic E-state index is -0.184. The van der Waals surface area contributed by atoms with Crippen LogP contribution in [-0.4, -0.2) is 30.4 Å². The Hall–Kier alpha value is -1.42. The van der Waals surface area contributed by atoms with Crippen LogP contribution in [0, 0.1) is 11.7 Å². The average molecular weight is 278 g/mol. The molecule has 0 saturated carbocycles. The van der Waals surface area contributed by atoms with Crippen LogP contribution in [0.3, 0.4) is 0 Å². The number of hydrogen-bond donors (Lipinski definition) is 1. The van der Waals surface area contributed by atoms with E-state index in [1.807, 2.05) is 6.07 Å². The van der Waals surface area contributed by atoms with Gasteiger partial charge >= 0.3 is 0 Å². The molecule has 1 N–H and O–H groups in total. The van der Waals surface area contributed by atoms with E-state index in [4.69, 9.17) is 0 Å². The van der Waals surface area contributed by atoms with E-state index in [1.54, 1.807) is 12.1 Å². The van der Waals surface area contributed by atoms with Gasteiger partial charge in [-0.15, -0.1) is 0 Å². The first kappa shape index (κ1) is 15.0. The average Bonchev–Trinajstić information content (AvgIpc) is 2.45. The second-order valence-electron chi connectivity index (χ2n) is 5.47. The summed E-state index contributed by atoms with van der Waals surface area (Å²) in [7, 11) is 0. The molecule has 1 saturated heterocycles. The molecule has 4 heteroatoms. The number of likely N-dealkylation sites (tertiary alicyclic amines) is 1. The van der Waals surface area contributed by atoms with Crippen molar-refractivity contribution < 1.29 is 9.18 Å². The van der Waals surface area contributed by atoms with Gasteiger partial charge in [0.05, 0.1) is 0 Å². The highest BCUT2D eigenvalue weighted by Crippen LogP contribution is 2.19. The van der Waals surface area contributed by atoms with Gasteiger partial charge in [-0.05, 0) is 50.0 Å². The lowest BCUT2D eigenvalue weighted by Crippen LogP contribution is -2.40. The zero-order chi connectivity index (χ0) is 14.4. The van der Waals surface area contributed by atoms with Gasteiger partial charge < -0.3 is 5.32 Å². The minimum absolute atomic E-state index is 0.144. The Morgan fingerprint density at radius 2 is 2.15 bits per heavy atom. The molecule has 1 amide bonds. The molecule has 1 aliphatic rings. The molecule has 0 spiro atoms. The molecule has 1 aromatic rings. The molecule has 0 bridgehead atoms. The largest absolute Gasteiger partial charge is 0.356 e. The normalized spacial score (nSPS) is 17.1. The molecule has 3 nitrogen and oxygen atoms in total. The van der Waals surface area contributed by atoms with Crippen molar-refractivity contribution in [3.05, 3.63) is 35.6 Å². The molecule has 1 aromatic carbocycles. The first-order chi connectivity index (χ1) is 9.69. The number of amides is 1. The minimum Gasteiger partial charge on any atom is -0.356 e. The van der Waals surface area contributed by atoms with Crippen LogP contribution in [0.4, 0.5) is 4.39 Å². The SMILES string of the molecule is CCCNC(=O)C1CCN(Cc2cccc(F)c2)CC1. The van der Waals surface area contributed by atoms with Crippen molar-refractivity contribution in [1.82, 2.24) is 10.2 Å². The van der Waals surface area contributed by atoms with Crippen LogP contribution in [0.25, 0.3) is 0 Å². The molecule has 0 radical (unpaired) electrons. The van der Waals surface area contributed by atoms with Gasteiger partial charge in [-0.2, -0.15) is 0 Å². The second-order valence-corrected chi connectivity index (χ2v) is 5.47. The lowest BCUT2D eigenvalue weighted by molar-refractivity contribution is -0.126. The fourth-order valence-corrected chi connectivity index (χ4v) is 2.64. The lowest BCUT2D eigenvalue weighted by Gasteiger charge is -2.31. The molecule has 1 aliphatic heterocycles. The predicted molar refractivity (Wildman–Crippen MR) is 77.7 cm³/mol. The number of halogens is 1. The Labute approximate surface area is 120 Å². The van der Waals surface area contributed by atoms with Crippen molar-refractivity contribution in [1.29, 1.82) is 0 Å². The Bertz CT molecular complexity index is 442. The molecule has 0 aromatic heterocycles. The third-order valence-electron chi connectivity index (χ3n) is 3.80. The first-order valence-corrected chi connectivity index (χ1v) is 7.43. The quantitative estimate of drug-likeness (QED) is 0.898. The van der Waals surface area contributed by atoms with Crippen molar-refractivity contribution in [2.45, 2.75) is 32.7 Å². The molecule has 0 atom stereocenters. The van der Waals surface area contributed by atoms with E-state index in [0.29, 0.717) is 0 Å². The standard InChI is InChI=1S/C16H23FN2O/c1-2-8-18-16(20)14-6-9-19(10-7-14)12-13-4-3-5-15(17)11-13/h3-5,11,14H,2,6-10,12H2,1H3,(H,18,20). The molecular weight excluding hydrogens is 255 g/mol. The summed E-state index contributed by atoms with van der Waals surface area (Å²) in [6.07, 6.45) is 2.76. The van der Waals surface area contributed by atoms with Crippen LogP contribution < -0.4 is 5.32 Å². The third kappa shape index (κ3) is 4.30. The number of piperidine rings is 1. The van der Waals surface area contributed by atoms with E-state index in [-0.39, 0.29) is 17.6 Å². The van der Waals surface area contributed by atoms with E-state index in [1.165, 1.54) is 6.07 Å². The predicted octanol–water partition coefficient (Wildman–Crippen LogP) is 2.56. The number of hydrogen-bond acceptors (Lipinski definition) is 2. The number of carbonyl (C=O) groups excluding carboxylic acids is 1. The maximum atomic E-state index is 13.1. The number of nitrogens with zero attached hydrogens (tertiary/aromatic N) is 1. The van der Waals surface area contributed by atoms with Crippen LogP contribution in [0.15, 0.2) is 24.3 Å². The number of carbonyl (C=O) groups is 1. The lowest BCUT2D eigenvalue weighted by atomic mass is 9.95. The van der Waals surface area contributed by atoms with Crippen LogP contribution in [0.2, 0.25) is 0 Å². The van der Waals surface area contributed by atoms with Crippen molar-refractivity contribution in [2.24, 2.45) is 5.92 Å². The molecule has 0 unspecified atom stereocenters. The van der Waals surface area contributed by atoms with Gasteiger partial charge in [0.1, 0.15) is 5.82 Å². The molecular formula is C16H23FN2O. The summed E-state index contributed by atoms with van der Waals surface area (Å²) in [5.41, 5.74) is 0.999. The zero-order valence-electron chi connectivity index (χ0n) is 12.1. The maximum absolute atomic E-state index is 13.1. The molecule has 110 valence electrons. The summed E-state index contributed by atoms with van der Waals surface area (Å²) in [5.74, 6) is 0.152. The molecule has 20 heavy (non-hydrogen) atoms. The van der Waals surface area contributed by atoms with Gasteiger partial charge in [-0.1, -0.05) is 19.1 Å². The van der Waals surface area contributed by atoms with E-state index < -0.39 is 0 Å². The van der Waals surface area contributed by atoms with Crippen LogP contribution in [0.1, 0.15) is 31.7 Å². The van der Waals surface area contributed by atoms with Crippen molar-refractivity contribution >= 4 is 5.91 Å². The molecule has 1 heterocycles. The zero-order valence-corrected chi connectivity index (χ0v) is 12.1. The second kappa shape index (κ2) is 7.39. The Balaban J connectivity index is 1.78. The van der Waals surface area contributed by atoms with Crippen LogP contribution in [-0.2, 0) is 11.3 Å². The third-order valence-corrected chi connectivity index (χ3v) is 3.80. The van der Waals surface area contributed by atoms with Crippen LogP contribution in [0.5, 0.6) is 0 Å². The van der Waals surface area contributed by atoms with Gasteiger partial charge in [0.2, 0.25) is 5.91 Å². The summed E-state index contributed by atoms with van der Waals surface area (Å²) >= 11 is 0. The number of benzene rings is 1. The van der Waals surface area contributed by atoms with Gasteiger partial charge in [0, 0.05) is 19.0 Å². The van der Waals surface area contributed by atoms with Crippen molar-refractivity contribution in [3.8, 4) is 0 Å². The Morgan fingerprint density at radius 1 is 1.40 bits per heavy atom. The molecule has 2 rings (SSSR count). The van der Waals surface area contributed by atoms with Crippen molar-refractivity contribution in [2.75, 3.05) is 19.6 Å². The van der Waals surface area contributed by atoms with Gasteiger partial charge in [0.15, 0.2) is 0 Å². The van der Waals surface area contributed by atoms with Gasteiger partial charge in [-0.25, -0.2) is 4.39 Å². The summed E-state index contributed by atoms with van der Waals surface area (Å²) in [5, 5.41) is 2.97. The van der Waals surface area contributed by atoms with E-state index in [0.717, 1.165) is 51.0 Å². The summed E-state index contributed by atoms with van der Waals surface area (Å²) in [6.45, 7) is 5.40. The number of nitrogens with one attached hydrogen (secondary N) is 1. The van der Waals surface area contributed by atoms with E-state index >= 15 is 0 Å². The van der Waals surface area contributed by atoms with Gasteiger partial charge in [0.25, 0.3) is 0 Å². The highest BCUT2D eigenvalue weighted by Gasteiger charge is 2.24. The Kier molecular flexibility index (Phi) is 5.53. The highest BCUT2D eigenvalue weighted by atomic mass is 19.1. The Morgan fingerprint density at radius 3 is 2.80 bits per heavy atom. The molecule has 1 fully saturated rings. The number of rotatable bonds is 5. The van der Waals surface area contributed by atoms with Gasteiger partial charge in [-0.3, -0.25) is 9.69 Å². The summed E-state index contributed by atoms with van der Waals surface area (Å²) < 4.78 is 13.1. The van der Waals surface area contributed by atoms with Crippen LogP contribution >= 0.6 is 0 Å². The fraction of sp³-hybridized carbons (Fsp3) is 0.562.